The largest absolute Gasteiger partial charge is 0.376 e. The molecule has 1 aliphatic rings. The Labute approximate surface area is 136 Å². The number of hydrogen-bond acceptors (Lipinski definition) is 4. The van der Waals surface area contributed by atoms with Gasteiger partial charge in [0.05, 0.1) is 11.9 Å². The maximum atomic E-state index is 12.6. The number of hydrogen-bond donors (Lipinski definition) is 1. The van der Waals surface area contributed by atoms with Gasteiger partial charge in [-0.1, -0.05) is 0 Å². The maximum Gasteiger partial charge on any atom is 0.272 e. The SMILES string of the molecule is CCn1ncc2c1CCC(NC(=O)c1ncccc1N(C)C)C2. The van der Waals surface area contributed by atoms with E-state index >= 15 is 0 Å². The summed E-state index contributed by atoms with van der Waals surface area (Å²) in [5.41, 5.74) is 3.87. The van der Waals surface area contributed by atoms with E-state index < -0.39 is 0 Å². The number of amides is 1. The molecule has 2 aromatic heterocycles. The third-order valence-electron chi connectivity index (χ3n) is 4.35. The highest BCUT2D eigenvalue weighted by Crippen LogP contribution is 2.22. The molecule has 0 fully saturated rings. The molecule has 0 bridgehead atoms. The molecule has 23 heavy (non-hydrogen) atoms. The molecule has 3 rings (SSSR count). The fraction of sp³-hybridized carbons (Fsp3) is 0.471. The minimum Gasteiger partial charge on any atom is -0.376 e. The Morgan fingerprint density at radius 2 is 2.30 bits per heavy atom. The molecular weight excluding hydrogens is 290 g/mol. The number of aromatic nitrogens is 3. The Morgan fingerprint density at radius 1 is 1.48 bits per heavy atom. The fourth-order valence-electron chi connectivity index (χ4n) is 3.17. The lowest BCUT2D eigenvalue weighted by Gasteiger charge is -2.24. The van der Waals surface area contributed by atoms with Crippen LogP contribution in [0.1, 0.15) is 35.1 Å². The Morgan fingerprint density at radius 3 is 3.04 bits per heavy atom. The molecule has 0 spiro atoms. The van der Waals surface area contributed by atoms with Crippen LogP contribution in [0.15, 0.2) is 24.5 Å². The predicted molar refractivity (Wildman–Crippen MR) is 89.7 cm³/mol. The van der Waals surface area contributed by atoms with Gasteiger partial charge < -0.3 is 10.2 Å². The molecule has 0 saturated heterocycles. The van der Waals surface area contributed by atoms with E-state index in [1.165, 1.54) is 11.3 Å². The maximum absolute atomic E-state index is 12.6. The monoisotopic (exact) mass is 313 g/mol. The van der Waals surface area contributed by atoms with Crippen LogP contribution in [0.25, 0.3) is 0 Å². The molecule has 1 aliphatic carbocycles. The summed E-state index contributed by atoms with van der Waals surface area (Å²) in [6, 6.07) is 3.89. The lowest BCUT2D eigenvalue weighted by Crippen LogP contribution is -2.39. The zero-order valence-corrected chi connectivity index (χ0v) is 13.9. The summed E-state index contributed by atoms with van der Waals surface area (Å²) in [7, 11) is 3.83. The van der Waals surface area contributed by atoms with Crippen molar-refractivity contribution in [3.8, 4) is 0 Å². The number of nitrogens with zero attached hydrogens (tertiary/aromatic N) is 4. The van der Waals surface area contributed by atoms with Crippen LogP contribution in [0.5, 0.6) is 0 Å². The van der Waals surface area contributed by atoms with Crippen molar-refractivity contribution in [3.05, 3.63) is 41.5 Å². The number of carbonyl (C=O) groups is 1. The molecule has 0 radical (unpaired) electrons. The zero-order chi connectivity index (χ0) is 16.4. The van der Waals surface area contributed by atoms with Crippen molar-refractivity contribution in [3.63, 3.8) is 0 Å². The molecule has 1 unspecified atom stereocenters. The first kappa shape index (κ1) is 15.5. The Hall–Kier alpha value is -2.37. The van der Waals surface area contributed by atoms with Crippen LogP contribution >= 0.6 is 0 Å². The van der Waals surface area contributed by atoms with Gasteiger partial charge in [0, 0.05) is 38.6 Å². The minimum absolute atomic E-state index is 0.106. The van der Waals surface area contributed by atoms with E-state index in [1.807, 2.05) is 37.3 Å². The van der Waals surface area contributed by atoms with Crippen molar-refractivity contribution in [2.75, 3.05) is 19.0 Å². The predicted octanol–water partition coefficient (Wildman–Crippen LogP) is 1.65. The molecule has 6 nitrogen and oxygen atoms in total. The summed E-state index contributed by atoms with van der Waals surface area (Å²) in [5.74, 6) is -0.106. The highest BCUT2D eigenvalue weighted by molar-refractivity contribution is 5.97. The van der Waals surface area contributed by atoms with E-state index in [-0.39, 0.29) is 11.9 Å². The van der Waals surface area contributed by atoms with Gasteiger partial charge in [0.1, 0.15) is 0 Å². The second-order valence-corrected chi connectivity index (χ2v) is 6.11. The molecule has 2 heterocycles. The minimum atomic E-state index is -0.106. The lowest BCUT2D eigenvalue weighted by molar-refractivity contribution is 0.0929. The van der Waals surface area contributed by atoms with Crippen LogP contribution in [0.4, 0.5) is 5.69 Å². The van der Waals surface area contributed by atoms with Gasteiger partial charge in [-0.25, -0.2) is 4.98 Å². The quantitative estimate of drug-likeness (QED) is 0.932. The topological polar surface area (TPSA) is 63.1 Å². The van der Waals surface area contributed by atoms with Crippen LogP contribution in [-0.2, 0) is 19.4 Å². The van der Waals surface area contributed by atoms with E-state index in [1.54, 1.807) is 6.20 Å². The summed E-state index contributed by atoms with van der Waals surface area (Å²) in [5, 5.41) is 7.54. The second kappa shape index (κ2) is 6.40. The third kappa shape index (κ3) is 3.06. The van der Waals surface area contributed by atoms with Gasteiger partial charge in [0.15, 0.2) is 5.69 Å². The number of rotatable bonds is 4. The molecule has 2 aromatic rings. The first-order valence-corrected chi connectivity index (χ1v) is 8.07. The summed E-state index contributed by atoms with van der Waals surface area (Å²) < 4.78 is 2.05. The van der Waals surface area contributed by atoms with E-state index in [2.05, 4.69) is 27.0 Å². The van der Waals surface area contributed by atoms with Gasteiger partial charge in [0.25, 0.3) is 5.91 Å². The number of carbonyl (C=O) groups excluding carboxylic acids is 1. The van der Waals surface area contributed by atoms with Crippen molar-refractivity contribution in [2.24, 2.45) is 0 Å². The van der Waals surface area contributed by atoms with E-state index in [9.17, 15) is 4.79 Å². The normalized spacial score (nSPS) is 16.7. The van der Waals surface area contributed by atoms with Gasteiger partial charge in [-0.15, -0.1) is 0 Å². The Balaban J connectivity index is 1.72. The van der Waals surface area contributed by atoms with Crippen LogP contribution < -0.4 is 10.2 Å². The molecule has 0 saturated carbocycles. The fourth-order valence-corrected chi connectivity index (χ4v) is 3.17. The third-order valence-corrected chi connectivity index (χ3v) is 4.35. The molecule has 1 amide bonds. The standard InChI is InChI=1S/C17H23N5O/c1-4-22-14-8-7-13(10-12(14)11-19-22)20-17(23)16-15(21(2)3)6-5-9-18-16/h5-6,9,11,13H,4,7-8,10H2,1-3H3,(H,20,23). The van der Waals surface area contributed by atoms with Crippen LogP contribution in [0, 0.1) is 0 Å². The van der Waals surface area contributed by atoms with E-state index in [0.29, 0.717) is 5.69 Å². The first-order valence-electron chi connectivity index (χ1n) is 8.07. The number of anilines is 1. The second-order valence-electron chi connectivity index (χ2n) is 6.11. The van der Waals surface area contributed by atoms with Crippen molar-refractivity contribution in [1.29, 1.82) is 0 Å². The van der Waals surface area contributed by atoms with Crippen molar-refractivity contribution in [1.82, 2.24) is 20.1 Å². The van der Waals surface area contributed by atoms with Crippen LogP contribution in [0.2, 0.25) is 0 Å². The van der Waals surface area contributed by atoms with Crippen molar-refractivity contribution in [2.45, 2.75) is 38.8 Å². The van der Waals surface area contributed by atoms with Gasteiger partial charge >= 0.3 is 0 Å². The van der Waals surface area contributed by atoms with Crippen molar-refractivity contribution >= 4 is 11.6 Å². The molecule has 0 aliphatic heterocycles. The smallest absolute Gasteiger partial charge is 0.272 e. The number of pyridine rings is 1. The highest BCUT2D eigenvalue weighted by Gasteiger charge is 2.25. The van der Waals surface area contributed by atoms with E-state index in [0.717, 1.165) is 31.5 Å². The zero-order valence-electron chi connectivity index (χ0n) is 13.9. The summed E-state index contributed by atoms with van der Waals surface area (Å²) in [6.07, 6.45) is 6.33. The molecule has 1 atom stereocenters. The Kier molecular flexibility index (Phi) is 4.32. The molecular formula is C17H23N5O. The van der Waals surface area contributed by atoms with Gasteiger partial charge in [-0.2, -0.15) is 5.10 Å². The molecule has 1 N–H and O–H groups in total. The summed E-state index contributed by atoms with van der Waals surface area (Å²) >= 11 is 0. The first-order chi connectivity index (χ1) is 11.1. The Bertz CT molecular complexity index is 707. The number of nitrogens with one attached hydrogen (secondary N) is 1. The lowest BCUT2D eigenvalue weighted by atomic mass is 9.93. The van der Waals surface area contributed by atoms with Crippen LogP contribution in [-0.4, -0.2) is 40.8 Å². The van der Waals surface area contributed by atoms with Gasteiger partial charge in [0.2, 0.25) is 0 Å². The summed E-state index contributed by atoms with van der Waals surface area (Å²) in [4.78, 5) is 18.8. The van der Waals surface area contributed by atoms with Crippen LogP contribution in [0.3, 0.4) is 0 Å². The highest BCUT2D eigenvalue weighted by atomic mass is 16.2. The van der Waals surface area contributed by atoms with E-state index in [4.69, 9.17) is 0 Å². The average molecular weight is 313 g/mol. The van der Waals surface area contributed by atoms with Gasteiger partial charge in [-0.3, -0.25) is 9.48 Å². The van der Waals surface area contributed by atoms with Gasteiger partial charge in [-0.05, 0) is 43.9 Å². The average Bonchev–Trinajstić information content (AvgIpc) is 2.97. The summed E-state index contributed by atoms with van der Waals surface area (Å²) in [6.45, 7) is 3.00. The van der Waals surface area contributed by atoms with Crippen molar-refractivity contribution < 1.29 is 4.79 Å². The molecule has 0 aromatic carbocycles. The number of aryl methyl sites for hydroxylation is 1. The molecule has 6 heteroatoms. The number of fused-ring (bicyclic) bond motifs is 1. The molecule has 122 valence electrons.